The number of piperidine rings is 1. The number of hydrogen-bond donors (Lipinski definition) is 1. The maximum absolute atomic E-state index is 14.5. The largest absolute Gasteiger partial charge is 0.335 e. The van der Waals surface area contributed by atoms with Crippen LogP contribution in [0.15, 0.2) is 71.5 Å². The molecule has 1 N–H and O–H groups in total. The van der Waals surface area contributed by atoms with Crippen molar-refractivity contribution < 1.29 is 14.4 Å². The first kappa shape index (κ1) is 28.1. The van der Waals surface area contributed by atoms with E-state index in [9.17, 15) is 19.2 Å². The minimum atomic E-state index is -1.50. The first-order valence-corrected chi connectivity index (χ1v) is 15.0. The third-order valence-electron chi connectivity index (χ3n) is 9.27. The zero-order valence-electron chi connectivity index (χ0n) is 24.5. The lowest BCUT2D eigenvalue weighted by Crippen LogP contribution is -2.68. The van der Waals surface area contributed by atoms with E-state index in [4.69, 9.17) is 0 Å². The van der Waals surface area contributed by atoms with Gasteiger partial charge in [0.1, 0.15) is 5.41 Å². The summed E-state index contributed by atoms with van der Waals surface area (Å²) >= 11 is 0. The van der Waals surface area contributed by atoms with Crippen LogP contribution in [0.3, 0.4) is 0 Å². The Balaban J connectivity index is 1.37. The fourth-order valence-electron chi connectivity index (χ4n) is 7.02. The molecule has 2 saturated heterocycles. The first-order chi connectivity index (χ1) is 20.2. The van der Waals surface area contributed by atoms with Crippen LogP contribution in [0.2, 0.25) is 0 Å². The Morgan fingerprint density at radius 3 is 2.29 bits per heavy atom. The molecule has 2 aromatic carbocycles. The van der Waals surface area contributed by atoms with Crippen molar-refractivity contribution in [1.82, 2.24) is 14.8 Å². The van der Waals surface area contributed by atoms with Crippen molar-refractivity contribution in [3.05, 3.63) is 99.5 Å². The summed E-state index contributed by atoms with van der Waals surface area (Å²) < 4.78 is 1.88. The number of carbonyl (C=O) groups is 3. The van der Waals surface area contributed by atoms with Crippen LogP contribution in [0.5, 0.6) is 0 Å². The Hall–Kier alpha value is -4.04. The van der Waals surface area contributed by atoms with E-state index in [1.807, 2.05) is 54.0 Å². The summed E-state index contributed by atoms with van der Waals surface area (Å²) in [5.41, 5.74) is 3.11. The van der Waals surface area contributed by atoms with Gasteiger partial charge >= 0.3 is 6.03 Å². The smallest absolute Gasteiger partial charge is 0.312 e. The van der Waals surface area contributed by atoms with Gasteiger partial charge in [0.05, 0.1) is 5.69 Å². The number of pyridine rings is 1. The molecule has 3 aliphatic rings. The molecule has 2 bridgehead atoms. The highest BCUT2D eigenvalue weighted by Crippen LogP contribution is 2.39. The molecular weight excluding hydrogens is 528 g/mol. The zero-order chi connectivity index (χ0) is 29.6. The van der Waals surface area contributed by atoms with Crippen molar-refractivity contribution in [3.63, 3.8) is 0 Å². The number of likely N-dealkylation sites (tertiary alicyclic amines) is 1. The lowest BCUT2D eigenvalue weighted by molar-refractivity contribution is -0.144. The summed E-state index contributed by atoms with van der Waals surface area (Å²) in [6.07, 6.45) is 1.98. The number of urea groups is 1. The van der Waals surface area contributed by atoms with Crippen molar-refractivity contribution in [3.8, 4) is 0 Å². The average Bonchev–Trinajstić information content (AvgIpc) is 2.97. The minimum Gasteiger partial charge on any atom is -0.312 e. The standard InChI is InChI=1S/C34H38N4O4/c1-4-23-10-14-28(15-11-23)38-32(41)34(31(40)35-33(38)42,17-24-8-12-26(13-9-24)22(2)3)21-36-18-25-16-27(20-36)29-6-5-7-30(39)37(29)19-25/h5-15,22,25,27H,4,16-21H2,1-3H3,(H,35,40,42)/t25-,27+,34-/m0/s1. The van der Waals surface area contributed by atoms with E-state index >= 15 is 0 Å². The van der Waals surface area contributed by atoms with Crippen LogP contribution in [0, 0.1) is 11.3 Å². The minimum absolute atomic E-state index is 0.0158. The normalized spacial score (nSPS) is 24.1. The second-order valence-electron chi connectivity index (χ2n) is 12.5. The molecule has 6 rings (SSSR count). The molecule has 0 radical (unpaired) electrons. The fraction of sp³-hybridized carbons (Fsp3) is 0.412. The fourth-order valence-corrected chi connectivity index (χ4v) is 7.02. The highest BCUT2D eigenvalue weighted by Gasteiger charge is 2.55. The van der Waals surface area contributed by atoms with Crippen LogP contribution in [0.25, 0.3) is 0 Å². The van der Waals surface area contributed by atoms with Crippen molar-refractivity contribution in [1.29, 1.82) is 0 Å². The van der Waals surface area contributed by atoms with E-state index in [1.165, 1.54) is 5.56 Å². The Labute approximate surface area is 246 Å². The number of hydrogen-bond acceptors (Lipinski definition) is 5. The molecule has 8 heteroatoms. The summed E-state index contributed by atoms with van der Waals surface area (Å²) in [5, 5.41) is 2.55. The van der Waals surface area contributed by atoms with Gasteiger partial charge in [-0.05, 0) is 66.0 Å². The SMILES string of the molecule is CCc1ccc(N2C(=O)NC(=O)[C@](Cc3ccc(C(C)C)cc3)(CN3C[C@@H]4C[C@H](C3)c3cccc(=O)n3C4)C2=O)cc1. The third kappa shape index (κ3) is 4.98. The summed E-state index contributed by atoms with van der Waals surface area (Å²) in [7, 11) is 0. The van der Waals surface area contributed by atoms with Crippen molar-refractivity contribution >= 4 is 23.5 Å². The molecule has 3 aliphatic heterocycles. The second kappa shape index (κ2) is 11.0. The molecule has 3 atom stereocenters. The van der Waals surface area contributed by atoms with Gasteiger partial charge in [0.15, 0.2) is 0 Å². The molecule has 0 spiro atoms. The van der Waals surface area contributed by atoms with Crippen LogP contribution in [0.1, 0.15) is 61.4 Å². The monoisotopic (exact) mass is 566 g/mol. The van der Waals surface area contributed by atoms with Gasteiger partial charge in [-0.3, -0.25) is 19.7 Å². The van der Waals surface area contributed by atoms with Gasteiger partial charge in [0.2, 0.25) is 5.91 Å². The van der Waals surface area contributed by atoms with E-state index in [0.717, 1.165) is 34.6 Å². The number of nitrogens with zero attached hydrogens (tertiary/aromatic N) is 3. The Morgan fingerprint density at radius 1 is 0.881 bits per heavy atom. The number of aryl methyl sites for hydroxylation is 1. The number of fused-ring (bicyclic) bond motifs is 4. The number of benzene rings is 2. The van der Waals surface area contributed by atoms with Gasteiger partial charge in [-0.1, -0.05) is 63.2 Å². The summed E-state index contributed by atoms with van der Waals surface area (Å²) in [6.45, 7) is 8.41. The maximum atomic E-state index is 14.5. The van der Waals surface area contributed by atoms with Gasteiger partial charge in [0, 0.05) is 43.9 Å². The molecule has 0 aliphatic carbocycles. The predicted octanol–water partition coefficient (Wildman–Crippen LogP) is 4.47. The predicted molar refractivity (Wildman–Crippen MR) is 162 cm³/mol. The second-order valence-corrected chi connectivity index (χ2v) is 12.5. The number of imide groups is 2. The molecular formula is C34H38N4O4. The zero-order valence-corrected chi connectivity index (χ0v) is 24.5. The highest BCUT2D eigenvalue weighted by molar-refractivity contribution is 6.30. The first-order valence-electron chi connectivity index (χ1n) is 15.0. The summed E-state index contributed by atoms with van der Waals surface area (Å²) in [6, 6.07) is 20.1. The van der Waals surface area contributed by atoms with E-state index in [-0.39, 0.29) is 30.4 Å². The molecule has 0 saturated carbocycles. The molecule has 2 fully saturated rings. The number of barbiturate groups is 1. The number of rotatable bonds is 7. The Kier molecular flexibility index (Phi) is 7.35. The average molecular weight is 567 g/mol. The number of amides is 4. The number of aromatic nitrogens is 1. The number of anilines is 1. The Bertz CT molecular complexity index is 1580. The topological polar surface area (TPSA) is 91.7 Å². The molecule has 42 heavy (non-hydrogen) atoms. The van der Waals surface area contributed by atoms with Crippen molar-refractivity contribution in [2.24, 2.45) is 11.3 Å². The molecule has 218 valence electrons. The number of carbonyl (C=O) groups excluding carboxylic acids is 3. The van der Waals surface area contributed by atoms with Gasteiger partial charge in [-0.15, -0.1) is 0 Å². The van der Waals surface area contributed by atoms with Crippen molar-refractivity contribution in [2.45, 2.75) is 58.4 Å². The van der Waals surface area contributed by atoms with Crippen LogP contribution in [-0.2, 0) is 29.0 Å². The molecule has 1 aromatic heterocycles. The Morgan fingerprint density at radius 2 is 1.60 bits per heavy atom. The molecule has 0 unspecified atom stereocenters. The van der Waals surface area contributed by atoms with E-state index in [1.54, 1.807) is 24.3 Å². The van der Waals surface area contributed by atoms with Crippen LogP contribution in [-0.4, -0.2) is 46.9 Å². The molecule has 4 amide bonds. The van der Waals surface area contributed by atoms with Crippen LogP contribution >= 0.6 is 0 Å². The van der Waals surface area contributed by atoms with E-state index < -0.39 is 23.3 Å². The van der Waals surface area contributed by atoms with Crippen LogP contribution < -0.4 is 15.8 Å². The van der Waals surface area contributed by atoms with Gasteiger partial charge in [-0.2, -0.15) is 0 Å². The van der Waals surface area contributed by atoms with Gasteiger partial charge < -0.3 is 9.47 Å². The maximum Gasteiger partial charge on any atom is 0.335 e. The third-order valence-corrected chi connectivity index (χ3v) is 9.27. The lowest BCUT2D eigenvalue weighted by Gasteiger charge is -2.47. The quantitative estimate of drug-likeness (QED) is 0.427. The lowest BCUT2D eigenvalue weighted by atomic mass is 9.75. The van der Waals surface area contributed by atoms with Crippen molar-refractivity contribution in [2.75, 3.05) is 24.5 Å². The van der Waals surface area contributed by atoms with Gasteiger partial charge in [0.25, 0.3) is 11.5 Å². The summed E-state index contributed by atoms with van der Waals surface area (Å²) in [4.78, 5) is 57.5. The highest BCUT2D eigenvalue weighted by atomic mass is 16.2. The molecule has 4 heterocycles. The number of nitrogens with one attached hydrogen (secondary N) is 1. The van der Waals surface area contributed by atoms with E-state index in [2.05, 4.69) is 24.1 Å². The molecule has 3 aromatic rings. The van der Waals surface area contributed by atoms with E-state index in [0.29, 0.717) is 31.2 Å². The molecule has 8 nitrogen and oxygen atoms in total. The van der Waals surface area contributed by atoms with Gasteiger partial charge in [-0.25, -0.2) is 9.69 Å². The summed E-state index contributed by atoms with van der Waals surface area (Å²) in [5.74, 6) is -0.329. The van der Waals surface area contributed by atoms with Crippen LogP contribution in [0.4, 0.5) is 10.5 Å².